The molecule has 3 nitrogen and oxygen atoms in total. The Labute approximate surface area is 733 Å². The number of benzene rings is 23. The van der Waals surface area contributed by atoms with E-state index in [4.69, 9.17) is 13.3 Å². The van der Waals surface area contributed by atoms with Gasteiger partial charge in [0.05, 0.1) is 0 Å². The zero-order valence-corrected chi connectivity index (χ0v) is 69.3. The number of fused-ring (bicyclic) bond motifs is 16. The molecule has 127 heavy (non-hydrogen) atoms. The lowest BCUT2D eigenvalue weighted by molar-refractivity contribution is 0.669. The number of furan rings is 3. The highest BCUT2D eigenvalue weighted by molar-refractivity contribution is 6.28. The first-order chi connectivity index (χ1) is 63.0. The maximum absolute atomic E-state index is 6.53. The van der Waals surface area contributed by atoms with Crippen molar-refractivity contribution in [1.29, 1.82) is 0 Å². The molecular formula is C124H78O3. The van der Waals surface area contributed by atoms with E-state index in [0.29, 0.717) is 0 Å². The van der Waals surface area contributed by atoms with E-state index >= 15 is 0 Å². The summed E-state index contributed by atoms with van der Waals surface area (Å²) in [5.74, 6) is 0. The fourth-order valence-electron chi connectivity index (χ4n) is 20.1. The predicted molar refractivity (Wildman–Crippen MR) is 538 cm³/mol. The van der Waals surface area contributed by atoms with Crippen LogP contribution in [-0.4, -0.2) is 0 Å². The van der Waals surface area contributed by atoms with Crippen molar-refractivity contribution in [2.45, 2.75) is 0 Å². The molecular weight excluding hydrogens is 1540 g/mol. The molecule has 0 amide bonds. The van der Waals surface area contributed by atoms with Gasteiger partial charge in [-0.25, -0.2) is 0 Å². The van der Waals surface area contributed by atoms with Crippen LogP contribution in [0.4, 0.5) is 0 Å². The van der Waals surface area contributed by atoms with Crippen LogP contribution in [0.3, 0.4) is 0 Å². The molecule has 0 saturated heterocycles. The molecule has 0 spiro atoms. The van der Waals surface area contributed by atoms with Gasteiger partial charge in [-0.2, -0.15) is 0 Å². The predicted octanol–water partition coefficient (Wildman–Crippen LogP) is 35.5. The Bertz CT molecular complexity index is 8630. The van der Waals surface area contributed by atoms with E-state index in [0.717, 1.165) is 76.9 Å². The number of hydrogen-bond acceptors (Lipinski definition) is 3. The molecule has 592 valence electrons. The molecule has 0 aliphatic heterocycles. The van der Waals surface area contributed by atoms with E-state index in [9.17, 15) is 0 Å². The summed E-state index contributed by atoms with van der Waals surface area (Å²) >= 11 is 0. The van der Waals surface area contributed by atoms with E-state index in [1.165, 1.54) is 176 Å². The topological polar surface area (TPSA) is 39.4 Å². The summed E-state index contributed by atoms with van der Waals surface area (Å²) in [5, 5.41) is 24.2. The van der Waals surface area contributed by atoms with E-state index in [-0.39, 0.29) is 0 Å². The van der Waals surface area contributed by atoms with Crippen molar-refractivity contribution in [1.82, 2.24) is 0 Å². The van der Waals surface area contributed by atoms with Crippen LogP contribution < -0.4 is 0 Å². The zero-order valence-electron chi connectivity index (χ0n) is 69.3. The maximum atomic E-state index is 6.53. The van der Waals surface area contributed by atoms with Crippen molar-refractivity contribution >= 4 is 141 Å². The standard InChI is InChI=1S/C48H30O.2C38H24O/c1-3-12-31(13-4-1)33-22-25-37-35(28-33)16-11-21-38(37)48-41-19-9-7-17-39(41)47(40-18-8-10-20-42(40)48)36-24-27-46-44(30-36)43-29-34(23-26-45(43)49-46)32-14-5-2-6-15-32;1-2-11-25(12-3-1)26-21-23-27(24-22-26)36-29-14-4-6-16-31(29)37(32-17-7-5-15-30(32)36)34-19-10-18-33-28-13-8-9-20-35(28)39-38(33)34;1-2-13-25(14-3-1)26-15-4-5-17-28(26)36-29-18-6-8-20-31(29)37(32-21-9-7-19-30(32)36)34-23-12-22-33-27-16-10-11-24-35(27)39-38(33)34/h1-30H;2*1-24H. The highest BCUT2D eigenvalue weighted by atomic mass is 16.3. The van der Waals surface area contributed by atoms with E-state index in [1.54, 1.807) is 0 Å². The van der Waals surface area contributed by atoms with E-state index in [2.05, 4.69) is 461 Å². The van der Waals surface area contributed by atoms with Crippen molar-refractivity contribution in [2.24, 2.45) is 0 Å². The molecule has 0 unspecified atom stereocenters. The normalized spacial score (nSPS) is 11.6. The largest absolute Gasteiger partial charge is 0.456 e. The lowest BCUT2D eigenvalue weighted by atomic mass is 9.83. The van der Waals surface area contributed by atoms with Crippen LogP contribution >= 0.6 is 0 Å². The van der Waals surface area contributed by atoms with Crippen molar-refractivity contribution in [2.75, 3.05) is 0 Å². The number of hydrogen-bond donors (Lipinski definition) is 0. The monoisotopic (exact) mass is 1610 g/mol. The van der Waals surface area contributed by atoms with Crippen molar-refractivity contribution < 1.29 is 13.3 Å². The van der Waals surface area contributed by atoms with Crippen LogP contribution in [0.15, 0.2) is 486 Å². The summed E-state index contributed by atoms with van der Waals surface area (Å²) in [4.78, 5) is 0. The Balaban J connectivity index is 0.000000107. The Kier molecular flexibility index (Phi) is 18.3. The molecule has 0 N–H and O–H groups in total. The van der Waals surface area contributed by atoms with Crippen LogP contribution in [-0.2, 0) is 0 Å². The smallest absolute Gasteiger partial charge is 0.143 e. The van der Waals surface area contributed by atoms with Gasteiger partial charge in [0.25, 0.3) is 0 Å². The second kappa shape index (κ2) is 31.3. The minimum atomic E-state index is 0.903. The Morgan fingerprint density at radius 2 is 0.378 bits per heavy atom. The third-order valence-electron chi connectivity index (χ3n) is 25.8. The molecule has 0 fully saturated rings. The quantitative estimate of drug-likeness (QED) is 0.128. The highest BCUT2D eigenvalue weighted by Crippen LogP contribution is 2.52. The summed E-state index contributed by atoms with van der Waals surface area (Å²) in [7, 11) is 0. The first kappa shape index (κ1) is 74.1. The second-order valence-electron chi connectivity index (χ2n) is 32.9. The zero-order chi connectivity index (χ0) is 83.8. The van der Waals surface area contributed by atoms with Gasteiger partial charge >= 0.3 is 0 Å². The van der Waals surface area contributed by atoms with Gasteiger partial charge < -0.3 is 13.3 Å². The van der Waals surface area contributed by atoms with Crippen molar-refractivity contribution in [3.8, 4) is 111 Å². The number of rotatable bonds is 10. The third-order valence-corrected chi connectivity index (χ3v) is 25.8. The van der Waals surface area contributed by atoms with Crippen molar-refractivity contribution in [3.63, 3.8) is 0 Å². The molecule has 0 aliphatic carbocycles. The van der Waals surface area contributed by atoms with Crippen molar-refractivity contribution in [3.05, 3.63) is 473 Å². The van der Waals surface area contributed by atoms with Gasteiger partial charge in [0.15, 0.2) is 0 Å². The molecule has 26 aromatic rings. The van der Waals surface area contributed by atoms with Gasteiger partial charge in [0, 0.05) is 54.6 Å². The fourth-order valence-corrected chi connectivity index (χ4v) is 20.1. The first-order valence-electron chi connectivity index (χ1n) is 43.6. The van der Waals surface area contributed by atoms with Crippen LogP contribution in [0.1, 0.15) is 0 Å². The Morgan fingerprint density at radius 3 is 0.827 bits per heavy atom. The summed E-state index contributed by atoms with van der Waals surface area (Å²) in [6, 6.07) is 170. The van der Waals surface area contributed by atoms with Gasteiger partial charge in [0.2, 0.25) is 0 Å². The molecule has 3 heteroatoms. The van der Waals surface area contributed by atoms with Crippen LogP contribution in [0.2, 0.25) is 0 Å². The molecule has 0 saturated carbocycles. The molecule has 23 aromatic carbocycles. The number of para-hydroxylation sites is 4. The first-order valence-corrected chi connectivity index (χ1v) is 43.6. The van der Waals surface area contributed by atoms with Gasteiger partial charge in [-0.15, -0.1) is 0 Å². The van der Waals surface area contributed by atoms with E-state index < -0.39 is 0 Å². The van der Waals surface area contributed by atoms with Gasteiger partial charge in [-0.1, -0.05) is 431 Å². The molecule has 3 heterocycles. The lowest BCUT2D eigenvalue weighted by Crippen LogP contribution is -1.92. The molecule has 0 radical (unpaired) electrons. The Hall–Kier alpha value is -16.7. The minimum absolute atomic E-state index is 0.903. The van der Waals surface area contributed by atoms with E-state index in [1.807, 2.05) is 12.1 Å². The SMILES string of the molecule is c1ccc(-c2ccc(-c3c4ccccc4c(-c4cccc5c4oc4ccccc45)c4ccccc34)cc2)cc1.c1ccc(-c2ccc3c(-c4c5ccccc5c(-c5ccc6oc7ccc(-c8ccccc8)cc7c6c5)c5ccccc45)cccc3c2)cc1.c1ccc(-c2ccccc2-c2c3ccccc3c(-c3cccc4c3oc3ccccc34)c3ccccc23)cc1. The average molecular weight is 1620 g/mol. The summed E-state index contributed by atoms with van der Waals surface area (Å²) in [6.07, 6.45) is 0. The van der Waals surface area contributed by atoms with Gasteiger partial charge in [0.1, 0.15) is 33.5 Å². The fraction of sp³-hybridized carbons (Fsp3) is 0. The molecule has 0 aliphatic rings. The molecule has 26 rings (SSSR count). The second-order valence-corrected chi connectivity index (χ2v) is 32.9. The molecule has 0 bridgehead atoms. The summed E-state index contributed by atoms with van der Waals surface area (Å²) in [5.41, 5.74) is 29.9. The van der Waals surface area contributed by atoms with Gasteiger partial charge in [-0.05, 0) is 207 Å². The Morgan fingerprint density at radius 1 is 0.110 bits per heavy atom. The van der Waals surface area contributed by atoms with Crippen LogP contribution in [0.25, 0.3) is 252 Å². The van der Waals surface area contributed by atoms with Crippen LogP contribution in [0, 0.1) is 0 Å². The molecule has 3 aromatic heterocycles. The highest BCUT2D eigenvalue weighted by Gasteiger charge is 2.26. The van der Waals surface area contributed by atoms with Crippen LogP contribution in [0.5, 0.6) is 0 Å². The molecule has 0 atom stereocenters. The summed E-state index contributed by atoms with van der Waals surface area (Å²) in [6.45, 7) is 0. The lowest BCUT2D eigenvalue weighted by Gasteiger charge is -2.19. The van der Waals surface area contributed by atoms with Gasteiger partial charge in [-0.3, -0.25) is 0 Å². The third kappa shape index (κ3) is 12.8. The average Bonchev–Trinajstić information content (AvgIpc) is 1.72. The maximum Gasteiger partial charge on any atom is 0.143 e. The summed E-state index contributed by atoms with van der Waals surface area (Å²) < 4.78 is 19.4. The minimum Gasteiger partial charge on any atom is -0.456 e.